The van der Waals surface area contributed by atoms with E-state index < -0.39 is 10.0 Å². The molecule has 2 unspecified atom stereocenters. The molecular formula is C15H26N2O4S. The third-order valence-electron chi connectivity index (χ3n) is 4.24. The van der Waals surface area contributed by atoms with E-state index in [0.29, 0.717) is 25.4 Å². The molecule has 0 bridgehead atoms. The van der Waals surface area contributed by atoms with Gasteiger partial charge in [-0.1, -0.05) is 6.92 Å². The minimum absolute atomic E-state index is 0.0954. The molecular weight excluding hydrogens is 304 g/mol. The lowest BCUT2D eigenvalue weighted by Crippen LogP contribution is -2.51. The number of sulfonamides is 1. The molecule has 2 atom stereocenters. The van der Waals surface area contributed by atoms with E-state index in [2.05, 4.69) is 12.2 Å². The molecule has 1 aromatic rings. The van der Waals surface area contributed by atoms with Gasteiger partial charge in [-0.25, -0.2) is 12.7 Å². The van der Waals surface area contributed by atoms with Crippen LogP contribution in [0.1, 0.15) is 38.7 Å². The second kappa shape index (κ2) is 7.12. The highest BCUT2D eigenvalue weighted by molar-refractivity contribution is 7.89. The van der Waals surface area contributed by atoms with E-state index >= 15 is 0 Å². The first kappa shape index (κ1) is 17.5. The molecule has 2 rings (SSSR count). The minimum Gasteiger partial charge on any atom is -0.462 e. The van der Waals surface area contributed by atoms with Gasteiger partial charge in [0.05, 0.1) is 11.8 Å². The van der Waals surface area contributed by atoms with E-state index in [1.165, 1.54) is 0 Å². The third-order valence-corrected chi connectivity index (χ3v) is 6.48. The van der Waals surface area contributed by atoms with Crippen molar-refractivity contribution in [3.8, 4) is 0 Å². The second-order valence-corrected chi connectivity index (χ2v) is 8.72. The number of furan rings is 1. The summed E-state index contributed by atoms with van der Waals surface area (Å²) in [4.78, 5) is 0. The fourth-order valence-corrected chi connectivity index (χ4v) is 4.17. The summed E-state index contributed by atoms with van der Waals surface area (Å²) in [7, 11) is -3.16. The Morgan fingerprint density at radius 1 is 1.41 bits per heavy atom. The lowest BCUT2D eigenvalue weighted by molar-refractivity contribution is 0.211. The number of piperidine rings is 1. The first-order valence-electron chi connectivity index (χ1n) is 7.75. The zero-order chi connectivity index (χ0) is 16.3. The molecule has 1 aliphatic rings. The quantitative estimate of drug-likeness (QED) is 0.822. The highest BCUT2D eigenvalue weighted by Crippen LogP contribution is 2.22. The van der Waals surface area contributed by atoms with Crippen LogP contribution in [-0.2, 0) is 23.2 Å². The van der Waals surface area contributed by atoms with Crippen LogP contribution >= 0.6 is 0 Å². The van der Waals surface area contributed by atoms with E-state index in [-0.39, 0.29) is 23.8 Å². The van der Waals surface area contributed by atoms with E-state index in [4.69, 9.17) is 9.52 Å². The Morgan fingerprint density at radius 2 is 2.09 bits per heavy atom. The number of aliphatic hydroxyl groups excluding tert-OH is 1. The van der Waals surface area contributed by atoms with Gasteiger partial charge in [0.2, 0.25) is 10.0 Å². The van der Waals surface area contributed by atoms with Gasteiger partial charge in [0.25, 0.3) is 0 Å². The van der Waals surface area contributed by atoms with Crippen LogP contribution < -0.4 is 5.32 Å². The van der Waals surface area contributed by atoms with Crippen molar-refractivity contribution in [2.24, 2.45) is 5.92 Å². The van der Waals surface area contributed by atoms with E-state index in [1.54, 1.807) is 24.2 Å². The minimum atomic E-state index is -3.16. The number of hydrogen-bond donors (Lipinski definition) is 2. The fourth-order valence-electron chi connectivity index (χ4n) is 2.77. The number of aliphatic hydroxyl groups is 1. The average molecular weight is 330 g/mol. The van der Waals surface area contributed by atoms with Crippen molar-refractivity contribution in [3.63, 3.8) is 0 Å². The molecule has 1 aromatic heterocycles. The van der Waals surface area contributed by atoms with Crippen molar-refractivity contribution in [3.05, 3.63) is 23.7 Å². The SMILES string of the molecule is CC1CN(S(=O)(=O)C(C)C)CCC1NCc1ccc(CO)o1. The van der Waals surface area contributed by atoms with Crippen LogP contribution in [0, 0.1) is 5.92 Å². The molecule has 6 nitrogen and oxygen atoms in total. The molecule has 0 saturated carbocycles. The standard InChI is InChI=1S/C15H26N2O4S/c1-11(2)22(19,20)17-7-6-15(12(3)9-17)16-8-13-4-5-14(10-18)21-13/h4-5,11-12,15-16,18H,6-10H2,1-3H3. The molecule has 1 fully saturated rings. The van der Waals surface area contributed by atoms with E-state index in [9.17, 15) is 8.42 Å². The van der Waals surface area contributed by atoms with Gasteiger partial charge in [0.1, 0.15) is 18.1 Å². The molecule has 1 saturated heterocycles. The average Bonchev–Trinajstić information content (AvgIpc) is 2.93. The van der Waals surface area contributed by atoms with E-state index in [1.807, 2.05) is 6.07 Å². The molecule has 2 N–H and O–H groups in total. The predicted octanol–water partition coefficient (Wildman–Crippen LogP) is 1.31. The fraction of sp³-hybridized carbons (Fsp3) is 0.733. The number of nitrogens with one attached hydrogen (secondary N) is 1. The van der Waals surface area contributed by atoms with Gasteiger partial charge < -0.3 is 14.8 Å². The van der Waals surface area contributed by atoms with Crippen molar-refractivity contribution in [2.45, 2.75) is 51.6 Å². The van der Waals surface area contributed by atoms with Crippen molar-refractivity contribution in [2.75, 3.05) is 13.1 Å². The van der Waals surface area contributed by atoms with Crippen LogP contribution in [-0.4, -0.2) is 42.2 Å². The zero-order valence-corrected chi connectivity index (χ0v) is 14.3. The van der Waals surface area contributed by atoms with Gasteiger partial charge in [-0.15, -0.1) is 0 Å². The Labute approximate surface area is 132 Å². The summed E-state index contributed by atoms with van der Waals surface area (Å²) in [5.74, 6) is 1.59. The highest BCUT2D eigenvalue weighted by atomic mass is 32.2. The number of rotatable bonds is 6. The van der Waals surface area contributed by atoms with Crippen molar-refractivity contribution in [1.29, 1.82) is 0 Å². The summed E-state index contributed by atoms with van der Waals surface area (Å²) in [5.41, 5.74) is 0. The summed E-state index contributed by atoms with van der Waals surface area (Å²) in [6.45, 7) is 7.12. The molecule has 0 spiro atoms. The molecule has 22 heavy (non-hydrogen) atoms. The second-order valence-electron chi connectivity index (χ2n) is 6.23. The van der Waals surface area contributed by atoms with Crippen molar-refractivity contribution in [1.82, 2.24) is 9.62 Å². The zero-order valence-electron chi connectivity index (χ0n) is 13.4. The predicted molar refractivity (Wildman–Crippen MR) is 84.7 cm³/mol. The summed E-state index contributed by atoms with van der Waals surface area (Å²) in [6.07, 6.45) is 0.792. The van der Waals surface area contributed by atoms with Crippen LogP contribution in [0.25, 0.3) is 0 Å². The van der Waals surface area contributed by atoms with Crippen LogP contribution in [0.2, 0.25) is 0 Å². The van der Waals surface area contributed by atoms with Gasteiger partial charge >= 0.3 is 0 Å². The van der Waals surface area contributed by atoms with Gasteiger partial charge in [0, 0.05) is 19.1 Å². The monoisotopic (exact) mass is 330 g/mol. The van der Waals surface area contributed by atoms with Gasteiger partial charge in [-0.05, 0) is 38.3 Å². The molecule has 2 heterocycles. The normalized spacial score (nSPS) is 24.0. The smallest absolute Gasteiger partial charge is 0.216 e. The lowest BCUT2D eigenvalue weighted by Gasteiger charge is -2.37. The van der Waals surface area contributed by atoms with Crippen LogP contribution in [0.4, 0.5) is 0 Å². The molecule has 0 amide bonds. The van der Waals surface area contributed by atoms with Crippen LogP contribution in [0.15, 0.2) is 16.5 Å². The van der Waals surface area contributed by atoms with E-state index in [0.717, 1.165) is 12.2 Å². The Bertz CT molecular complexity index is 582. The number of nitrogens with zero attached hydrogens (tertiary/aromatic N) is 1. The molecule has 0 aliphatic carbocycles. The summed E-state index contributed by atoms with van der Waals surface area (Å²) < 4.78 is 31.5. The van der Waals surface area contributed by atoms with Crippen LogP contribution in [0.5, 0.6) is 0 Å². The summed E-state index contributed by atoms with van der Waals surface area (Å²) >= 11 is 0. The highest BCUT2D eigenvalue weighted by Gasteiger charge is 2.33. The first-order valence-corrected chi connectivity index (χ1v) is 9.25. The largest absolute Gasteiger partial charge is 0.462 e. The van der Waals surface area contributed by atoms with Crippen molar-refractivity contribution >= 4 is 10.0 Å². The Balaban J connectivity index is 1.88. The van der Waals surface area contributed by atoms with Gasteiger partial charge in [-0.2, -0.15) is 0 Å². The topological polar surface area (TPSA) is 82.8 Å². The van der Waals surface area contributed by atoms with Gasteiger partial charge in [-0.3, -0.25) is 0 Å². The lowest BCUT2D eigenvalue weighted by atomic mass is 9.95. The maximum atomic E-state index is 12.2. The van der Waals surface area contributed by atoms with Crippen LogP contribution in [0.3, 0.4) is 0 Å². The first-order chi connectivity index (χ1) is 10.3. The molecule has 0 aromatic carbocycles. The maximum absolute atomic E-state index is 12.2. The summed E-state index contributed by atoms with van der Waals surface area (Å²) in [5, 5.41) is 12.0. The molecule has 0 radical (unpaired) electrons. The Morgan fingerprint density at radius 3 is 2.64 bits per heavy atom. The number of hydrogen-bond acceptors (Lipinski definition) is 5. The van der Waals surface area contributed by atoms with Crippen molar-refractivity contribution < 1.29 is 17.9 Å². The molecule has 7 heteroatoms. The third kappa shape index (κ3) is 3.90. The molecule has 126 valence electrons. The Hall–Kier alpha value is -0.890. The summed E-state index contributed by atoms with van der Waals surface area (Å²) in [6, 6.07) is 3.88. The maximum Gasteiger partial charge on any atom is 0.216 e. The molecule has 1 aliphatic heterocycles. The Kier molecular flexibility index (Phi) is 5.65. The van der Waals surface area contributed by atoms with Gasteiger partial charge in [0.15, 0.2) is 0 Å².